The highest BCUT2D eigenvalue weighted by molar-refractivity contribution is 7.90. The van der Waals surface area contributed by atoms with Crippen LogP contribution < -0.4 is 4.72 Å². The van der Waals surface area contributed by atoms with Gasteiger partial charge in [0.25, 0.3) is 15.9 Å². The monoisotopic (exact) mass is 367 g/mol. The summed E-state index contributed by atoms with van der Waals surface area (Å²) >= 11 is 7.40. The number of imidazole rings is 1. The predicted molar refractivity (Wildman–Crippen MR) is 88.9 cm³/mol. The van der Waals surface area contributed by atoms with E-state index in [1.807, 2.05) is 10.1 Å². The van der Waals surface area contributed by atoms with Crippen LogP contribution in [-0.4, -0.2) is 23.7 Å². The molecular weight excluding hydrogens is 358 g/mol. The van der Waals surface area contributed by atoms with E-state index in [1.54, 1.807) is 28.8 Å². The van der Waals surface area contributed by atoms with Gasteiger partial charge in [-0.1, -0.05) is 29.8 Å². The van der Waals surface area contributed by atoms with Crippen LogP contribution in [0.15, 0.2) is 52.9 Å². The first-order chi connectivity index (χ1) is 11.0. The average Bonchev–Trinajstić information content (AvgIpc) is 3.06. The van der Waals surface area contributed by atoms with Crippen molar-refractivity contribution >= 4 is 49.9 Å². The van der Waals surface area contributed by atoms with Gasteiger partial charge in [0.1, 0.15) is 0 Å². The van der Waals surface area contributed by atoms with Crippen molar-refractivity contribution in [2.75, 3.05) is 0 Å². The average molecular weight is 368 g/mol. The summed E-state index contributed by atoms with van der Waals surface area (Å²) in [6.07, 6.45) is 4.29. The molecule has 0 atom stereocenters. The minimum absolute atomic E-state index is 0.0179. The van der Waals surface area contributed by atoms with Gasteiger partial charge in [-0.05, 0) is 18.2 Å². The highest BCUT2D eigenvalue weighted by Gasteiger charge is 2.16. The van der Waals surface area contributed by atoms with E-state index in [0.29, 0.717) is 10.7 Å². The smallest absolute Gasteiger partial charge is 0.264 e. The van der Waals surface area contributed by atoms with E-state index >= 15 is 0 Å². The van der Waals surface area contributed by atoms with Crippen LogP contribution in [0.2, 0.25) is 5.15 Å². The lowest BCUT2D eigenvalue weighted by Gasteiger charge is -2.04. The first-order valence-electron chi connectivity index (χ1n) is 6.38. The van der Waals surface area contributed by atoms with Crippen LogP contribution in [0.5, 0.6) is 0 Å². The molecule has 0 aliphatic carbocycles. The maximum absolute atomic E-state index is 12.0. The number of carbonyl (C=O) groups is 1. The Morgan fingerprint density at radius 3 is 2.78 bits per heavy atom. The Morgan fingerprint density at radius 1 is 1.30 bits per heavy atom. The number of hydrogen-bond donors (Lipinski definition) is 1. The molecule has 0 aliphatic heterocycles. The number of sulfonamides is 1. The Hall–Kier alpha value is -2.16. The van der Waals surface area contributed by atoms with E-state index in [9.17, 15) is 13.2 Å². The zero-order valence-electron chi connectivity index (χ0n) is 11.5. The van der Waals surface area contributed by atoms with Gasteiger partial charge in [0.2, 0.25) is 0 Å². The maximum Gasteiger partial charge on any atom is 0.264 e. The molecule has 3 rings (SSSR count). The number of rotatable bonds is 4. The van der Waals surface area contributed by atoms with Gasteiger partial charge < -0.3 is 0 Å². The van der Waals surface area contributed by atoms with Crippen LogP contribution in [0.4, 0.5) is 0 Å². The number of amides is 1. The van der Waals surface area contributed by atoms with Crippen LogP contribution in [0.25, 0.3) is 11.0 Å². The van der Waals surface area contributed by atoms with Crippen molar-refractivity contribution in [1.82, 2.24) is 14.1 Å². The van der Waals surface area contributed by atoms with Crippen molar-refractivity contribution in [1.29, 1.82) is 0 Å². The number of carbonyl (C=O) groups excluding carboxylic acids is 1. The molecule has 23 heavy (non-hydrogen) atoms. The van der Waals surface area contributed by atoms with Crippen molar-refractivity contribution < 1.29 is 13.2 Å². The first-order valence-corrected chi connectivity index (χ1v) is 9.12. The number of aromatic nitrogens is 2. The molecule has 0 aliphatic rings. The fourth-order valence-corrected chi connectivity index (χ4v) is 3.88. The second-order valence-electron chi connectivity index (χ2n) is 4.46. The fraction of sp³-hybridized carbons (Fsp3) is 0. The summed E-state index contributed by atoms with van der Waals surface area (Å²) in [7, 11) is -3.90. The number of benzene rings is 1. The number of halogens is 1. The van der Waals surface area contributed by atoms with Crippen molar-refractivity contribution in [3.05, 3.63) is 58.8 Å². The minimum Gasteiger partial charge on any atom is -0.289 e. The van der Waals surface area contributed by atoms with Gasteiger partial charge in [0, 0.05) is 17.7 Å². The zero-order chi connectivity index (χ0) is 16.4. The number of nitrogens with zero attached hydrogens (tertiary/aromatic N) is 2. The van der Waals surface area contributed by atoms with Gasteiger partial charge in [-0.3, -0.25) is 9.20 Å². The van der Waals surface area contributed by atoms with E-state index in [0.717, 1.165) is 6.08 Å². The fourth-order valence-electron chi connectivity index (χ4n) is 1.91. The molecule has 3 aromatic rings. The number of thiazole rings is 1. The molecule has 118 valence electrons. The van der Waals surface area contributed by atoms with E-state index < -0.39 is 15.9 Å². The van der Waals surface area contributed by atoms with Crippen molar-refractivity contribution in [2.24, 2.45) is 0 Å². The number of fused-ring (bicyclic) bond motifs is 1. The van der Waals surface area contributed by atoms with E-state index in [4.69, 9.17) is 11.6 Å². The molecule has 0 spiro atoms. The first kappa shape index (κ1) is 15.7. The summed E-state index contributed by atoms with van der Waals surface area (Å²) in [6.45, 7) is 0. The molecular formula is C14H10ClN3O3S2. The topological polar surface area (TPSA) is 80.5 Å². The van der Waals surface area contributed by atoms with Crippen LogP contribution in [0.1, 0.15) is 5.69 Å². The summed E-state index contributed by atoms with van der Waals surface area (Å²) in [5.41, 5.74) is 0.509. The second-order valence-corrected chi connectivity index (χ2v) is 7.37. The molecule has 0 saturated carbocycles. The molecule has 0 fully saturated rings. The summed E-state index contributed by atoms with van der Waals surface area (Å²) in [4.78, 5) is 16.7. The highest BCUT2D eigenvalue weighted by Crippen LogP contribution is 2.22. The lowest BCUT2D eigenvalue weighted by molar-refractivity contribution is -0.114. The molecule has 0 bridgehead atoms. The Morgan fingerprint density at radius 2 is 2.04 bits per heavy atom. The summed E-state index contributed by atoms with van der Waals surface area (Å²) < 4.78 is 27.8. The molecule has 1 amide bonds. The van der Waals surface area contributed by atoms with Crippen LogP contribution in [0.3, 0.4) is 0 Å². The van der Waals surface area contributed by atoms with Gasteiger partial charge in [-0.2, -0.15) is 0 Å². The number of nitrogens with one attached hydrogen (secondary N) is 1. The lowest BCUT2D eigenvalue weighted by atomic mass is 10.4. The Bertz CT molecular complexity index is 991. The molecule has 0 unspecified atom stereocenters. The molecule has 1 N–H and O–H groups in total. The lowest BCUT2D eigenvalue weighted by Crippen LogP contribution is -2.28. The Labute approximate surface area is 141 Å². The van der Waals surface area contributed by atoms with Crippen molar-refractivity contribution in [2.45, 2.75) is 4.90 Å². The van der Waals surface area contributed by atoms with Gasteiger partial charge in [-0.25, -0.2) is 18.1 Å². The third-order valence-corrected chi connectivity index (χ3v) is 5.33. The summed E-state index contributed by atoms with van der Waals surface area (Å²) in [5.74, 6) is -0.768. The Kier molecular flexibility index (Phi) is 4.20. The number of hydrogen-bond acceptors (Lipinski definition) is 5. The van der Waals surface area contributed by atoms with E-state index in [2.05, 4.69) is 4.98 Å². The largest absolute Gasteiger partial charge is 0.289 e. The third-order valence-electron chi connectivity index (χ3n) is 2.94. The van der Waals surface area contributed by atoms with Crippen LogP contribution >= 0.6 is 22.9 Å². The molecule has 1 aromatic carbocycles. The Balaban J connectivity index is 1.80. The summed E-state index contributed by atoms with van der Waals surface area (Å²) in [5, 5.41) is 2.07. The highest BCUT2D eigenvalue weighted by atomic mass is 35.5. The van der Waals surface area contributed by atoms with E-state index in [-0.39, 0.29) is 10.0 Å². The molecule has 6 nitrogen and oxygen atoms in total. The SMILES string of the molecule is O=C(/C=C/c1c(Cl)nc2sccn12)NS(=O)(=O)c1ccccc1. The van der Waals surface area contributed by atoms with Gasteiger partial charge in [0.15, 0.2) is 10.1 Å². The van der Waals surface area contributed by atoms with Gasteiger partial charge >= 0.3 is 0 Å². The van der Waals surface area contributed by atoms with Crippen LogP contribution in [0, 0.1) is 0 Å². The normalized spacial score (nSPS) is 12.0. The van der Waals surface area contributed by atoms with Crippen LogP contribution in [-0.2, 0) is 14.8 Å². The molecule has 0 radical (unpaired) electrons. The van der Waals surface area contributed by atoms with Crippen molar-refractivity contribution in [3.63, 3.8) is 0 Å². The quantitative estimate of drug-likeness (QED) is 0.718. The van der Waals surface area contributed by atoms with Gasteiger partial charge in [-0.15, -0.1) is 11.3 Å². The second kappa shape index (κ2) is 6.15. The molecule has 2 aromatic heterocycles. The van der Waals surface area contributed by atoms with E-state index in [1.165, 1.54) is 29.5 Å². The van der Waals surface area contributed by atoms with Gasteiger partial charge in [0.05, 0.1) is 10.6 Å². The minimum atomic E-state index is -3.90. The molecule has 0 saturated heterocycles. The molecule has 9 heteroatoms. The third kappa shape index (κ3) is 3.29. The predicted octanol–water partition coefficient (Wildman–Crippen LogP) is 2.57. The standard InChI is InChI=1S/C14H10ClN3O3S2/c15-13-11(18-8-9-22-14(18)16-13)6-7-12(19)17-23(20,21)10-4-2-1-3-5-10/h1-9H,(H,17,19)/b7-6+. The zero-order valence-corrected chi connectivity index (χ0v) is 13.9. The summed E-state index contributed by atoms with van der Waals surface area (Å²) in [6, 6.07) is 7.65. The van der Waals surface area contributed by atoms with Crippen molar-refractivity contribution in [3.8, 4) is 0 Å². The molecule has 2 heterocycles. The maximum atomic E-state index is 12.0.